The summed E-state index contributed by atoms with van der Waals surface area (Å²) >= 11 is 1.29. The van der Waals surface area contributed by atoms with E-state index in [2.05, 4.69) is 5.43 Å². The summed E-state index contributed by atoms with van der Waals surface area (Å²) in [5, 5.41) is 14.3. The van der Waals surface area contributed by atoms with E-state index in [1.54, 1.807) is 18.2 Å². The van der Waals surface area contributed by atoms with Crippen molar-refractivity contribution in [1.82, 2.24) is 10.4 Å². The van der Waals surface area contributed by atoms with Gasteiger partial charge in [-0.2, -0.15) is 0 Å². The third-order valence-electron chi connectivity index (χ3n) is 5.16. The highest BCUT2D eigenvalue weighted by Gasteiger charge is 2.35. The number of hydrazine groups is 1. The number of hydrogen-bond acceptors (Lipinski definition) is 6. The quantitative estimate of drug-likeness (QED) is 0.377. The third-order valence-corrected chi connectivity index (χ3v) is 6.38. The molecule has 2 amide bonds. The second kappa shape index (κ2) is 7.44. The third kappa shape index (κ3) is 3.28. The van der Waals surface area contributed by atoms with E-state index in [1.807, 2.05) is 30.3 Å². The molecule has 5 rings (SSSR count). The number of furan rings is 1. The average Bonchev–Trinajstić information content (AvgIpc) is 3.38. The summed E-state index contributed by atoms with van der Waals surface area (Å²) in [4.78, 5) is 36.3. The number of nitrogens with one attached hydrogen (secondary N) is 1. The number of carbonyl (C=O) groups excluding carboxylic acids is 2. The van der Waals surface area contributed by atoms with E-state index in [0.29, 0.717) is 22.1 Å². The fourth-order valence-corrected chi connectivity index (χ4v) is 4.83. The van der Waals surface area contributed by atoms with E-state index in [0.717, 1.165) is 10.8 Å². The van der Waals surface area contributed by atoms with Crippen molar-refractivity contribution in [3.63, 3.8) is 0 Å². The van der Waals surface area contributed by atoms with Gasteiger partial charge in [0.05, 0.1) is 16.2 Å². The molecule has 1 fully saturated rings. The first-order valence-electron chi connectivity index (χ1n) is 9.41. The fraction of sp³-hybridized carbons (Fsp3) is 0.0909. The minimum atomic E-state index is -0.564. The molecule has 31 heavy (non-hydrogen) atoms. The lowest BCUT2D eigenvalue weighted by molar-refractivity contribution is -0.384. The van der Waals surface area contributed by atoms with Crippen LogP contribution >= 0.6 is 11.8 Å². The molecule has 1 aliphatic rings. The smallest absolute Gasteiger partial charge is 0.273 e. The lowest BCUT2D eigenvalue weighted by atomic mass is 10.0. The first kappa shape index (κ1) is 19.1. The molecule has 1 saturated heterocycles. The lowest BCUT2D eigenvalue weighted by Crippen LogP contribution is -2.44. The van der Waals surface area contributed by atoms with Crippen LogP contribution < -0.4 is 5.43 Å². The number of fused-ring (bicyclic) bond motifs is 3. The monoisotopic (exact) mass is 433 g/mol. The summed E-state index contributed by atoms with van der Waals surface area (Å²) in [6.07, 6.45) is 1.38. The topological polar surface area (TPSA) is 106 Å². The van der Waals surface area contributed by atoms with Crippen molar-refractivity contribution in [2.24, 2.45) is 0 Å². The van der Waals surface area contributed by atoms with Crippen LogP contribution in [0.5, 0.6) is 0 Å². The Kier molecular flexibility index (Phi) is 4.59. The molecule has 2 heterocycles. The van der Waals surface area contributed by atoms with Crippen LogP contribution in [0.2, 0.25) is 0 Å². The van der Waals surface area contributed by atoms with Gasteiger partial charge in [0.2, 0.25) is 0 Å². The highest BCUT2D eigenvalue weighted by atomic mass is 32.2. The second-order valence-corrected chi connectivity index (χ2v) is 8.10. The Hall–Kier alpha value is -3.85. The van der Waals surface area contributed by atoms with E-state index >= 15 is 0 Å². The zero-order chi connectivity index (χ0) is 21.5. The molecule has 1 atom stereocenters. The van der Waals surface area contributed by atoms with Gasteiger partial charge >= 0.3 is 0 Å². The molecule has 3 aromatic carbocycles. The summed E-state index contributed by atoms with van der Waals surface area (Å²) in [6.45, 7) is 0. The maximum atomic E-state index is 13.1. The minimum absolute atomic E-state index is 0.0731. The van der Waals surface area contributed by atoms with E-state index in [-0.39, 0.29) is 17.3 Å². The largest absolute Gasteiger partial charge is 0.463 e. The maximum absolute atomic E-state index is 13.1. The number of hydrogen-bond donors (Lipinski definition) is 1. The van der Waals surface area contributed by atoms with Crippen molar-refractivity contribution >= 4 is 51.0 Å². The highest BCUT2D eigenvalue weighted by molar-refractivity contribution is 8.00. The van der Waals surface area contributed by atoms with Gasteiger partial charge in [-0.05, 0) is 22.4 Å². The molecule has 1 unspecified atom stereocenters. The Labute approximate surface area is 179 Å². The summed E-state index contributed by atoms with van der Waals surface area (Å²) in [7, 11) is 0. The molecule has 4 aromatic rings. The molecule has 0 radical (unpaired) electrons. The molecule has 1 aromatic heterocycles. The average molecular weight is 433 g/mol. The number of benzene rings is 3. The standard InChI is InChI=1S/C22H15N3O5S/c26-19-12-31-22(14-5-3-6-15(10-14)25(28)29)24(19)23-21(27)17-11-30-18-9-8-13-4-1-2-7-16(13)20(17)18/h1-11,22H,12H2,(H,23,27). The molecule has 0 aliphatic carbocycles. The molecule has 9 heteroatoms. The molecule has 154 valence electrons. The van der Waals surface area contributed by atoms with Crippen molar-refractivity contribution in [2.45, 2.75) is 5.37 Å². The normalized spacial score (nSPS) is 16.2. The number of nitrogens with zero attached hydrogens (tertiary/aromatic N) is 2. The van der Waals surface area contributed by atoms with Crippen LogP contribution in [0.1, 0.15) is 21.3 Å². The fourth-order valence-electron chi connectivity index (χ4n) is 3.73. The van der Waals surface area contributed by atoms with E-state index in [1.165, 1.54) is 35.2 Å². The van der Waals surface area contributed by atoms with E-state index in [4.69, 9.17) is 4.42 Å². The summed E-state index contributed by atoms with van der Waals surface area (Å²) in [5.41, 5.74) is 4.05. The van der Waals surface area contributed by atoms with Gasteiger partial charge in [-0.3, -0.25) is 25.1 Å². The van der Waals surface area contributed by atoms with Crippen LogP contribution in [0.25, 0.3) is 21.7 Å². The Balaban J connectivity index is 1.49. The van der Waals surface area contributed by atoms with E-state index in [9.17, 15) is 19.7 Å². The Bertz CT molecular complexity index is 1370. The van der Waals surface area contributed by atoms with Gasteiger partial charge in [-0.25, -0.2) is 5.01 Å². The van der Waals surface area contributed by atoms with Crippen LogP contribution in [-0.4, -0.2) is 27.5 Å². The van der Waals surface area contributed by atoms with Gasteiger partial charge in [-0.15, -0.1) is 11.8 Å². The summed E-state index contributed by atoms with van der Waals surface area (Å²) < 4.78 is 5.58. The number of nitro groups is 1. The lowest BCUT2D eigenvalue weighted by Gasteiger charge is -2.24. The predicted molar refractivity (Wildman–Crippen MR) is 116 cm³/mol. The predicted octanol–water partition coefficient (Wildman–Crippen LogP) is 4.41. The Morgan fingerprint density at radius 1 is 1.16 bits per heavy atom. The zero-order valence-corrected chi connectivity index (χ0v) is 16.8. The number of non-ortho nitro benzene ring substituents is 1. The summed E-state index contributed by atoms with van der Waals surface area (Å²) in [6, 6.07) is 17.4. The minimum Gasteiger partial charge on any atom is -0.463 e. The van der Waals surface area contributed by atoms with Crippen LogP contribution in [0, 0.1) is 10.1 Å². The van der Waals surface area contributed by atoms with Gasteiger partial charge in [0.25, 0.3) is 17.5 Å². The molecule has 0 saturated carbocycles. The van der Waals surface area contributed by atoms with Gasteiger partial charge in [0.1, 0.15) is 17.2 Å². The highest BCUT2D eigenvalue weighted by Crippen LogP contribution is 2.38. The number of rotatable bonds is 4. The van der Waals surface area contributed by atoms with Crippen molar-refractivity contribution in [3.05, 3.63) is 88.2 Å². The zero-order valence-electron chi connectivity index (χ0n) is 16.0. The number of nitro benzene ring substituents is 1. The Morgan fingerprint density at radius 2 is 2.00 bits per heavy atom. The van der Waals surface area contributed by atoms with Gasteiger partial charge in [0, 0.05) is 17.5 Å². The SMILES string of the molecule is O=C(NN1C(=O)CSC1c1cccc([N+](=O)[O-])c1)c1coc2ccc3ccccc3c12. The molecule has 0 spiro atoms. The van der Waals surface area contributed by atoms with Crippen LogP contribution in [0.15, 0.2) is 71.3 Å². The van der Waals surface area contributed by atoms with Crippen molar-refractivity contribution < 1.29 is 18.9 Å². The molecule has 0 bridgehead atoms. The molecular weight excluding hydrogens is 418 g/mol. The first-order chi connectivity index (χ1) is 15.0. The van der Waals surface area contributed by atoms with E-state index < -0.39 is 16.2 Å². The summed E-state index contributed by atoms with van der Waals surface area (Å²) in [5.74, 6) is -0.614. The van der Waals surface area contributed by atoms with Gasteiger partial charge < -0.3 is 4.42 Å². The number of amides is 2. The van der Waals surface area contributed by atoms with Gasteiger partial charge in [-0.1, -0.05) is 42.5 Å². The second-order valence-electron chi connectivity index (χ2n) is 7.03. The van der Waals surface area contributed by atoms with Crippen molar-refractivity contribution in [2.75, 3.05) is 5.75 Å². The molecule has 1 N–H and O–H groups in total. The van der Waals surface area contributed by atoms with Crippen molar-refractivity contribution in [1.29, 1.82) is 0 Å². The molecule has 1 aliphatic heterocycles. The molecular formula is C22H15N3O5S. The molecule has 8 nitrogen and oxygen atoms in total. The van der Waals surface area contributed by atoms with Crippen LogP contribution in [-0.2, 0) is 4.79 Å². The maximum Gasteiger partial charge on any atom is 0.273 e. The van der Waals surface area contributed by atoms with Gasteiger partial charge in [0.15, 0.2) is 0 Å². The first-order valence-corrected chi connectivity index (χ1v) is 10.5. The Morgan fingerprint density at radius 3 is 2.84 bits per heavy atom. The van der Waals surface area contributed by atoms with Crippen molar-refractivity contribution in [3.8, 4) is 0 Å². The van der Waals surface area contributed by atoms with Crippen LogP contribution in [0.4, 0.5) is 5.69 Å². The number of carbonyl (C=O) groups is 2. The number of thioether (sulfide) groups is 1. The van der Waals surface area contributed by atoms with Crippen LogP contribution in [0.3, 0.4) is 0 Å².